The van der Waals surface area contributed by atoms with Crippen molar-refractivity contribution in [1.29, 1.82) is 0 Å². The Bertz CT molecular complexity index is 133. The molecule has 12 heavy (non-hydrogen) atoms. The van der Waals surface area contributed by atoms with Crippen molar-refractivity contribution in [3.05, 3.63) is 25.3 Å². The highest BCUT2D eigenvalue weighted by Gasteiger charge is 2.19. The summed E-state index contributed by atoms with van der Waals surface area (Å²) in [6.07, 6.45) is 8.60. The molecule has 70 valence electrons. The van der Waals surface area contributed by atoms with Crippen LogP contribution in [-0.2, 0) is 0 Å². The van der Waals surface area contributed by atoms with E-state index in [0.29, 0.717) is 5.04 Å². The smallest absolute Gasteiger partial charge is 0.0223 e. The molecule has 0 bridgehead atoms. The molecule has 0 fully saturated rings. The summed E-state index contributed by atoms with van der Waals surface area (Å²) in [5.74, 6) is 0.776. The summed E-state index contributed by atoms with van der Waals surface area (Å²) in [5, 5.41) is 0.471. The van der Waals surface area contributed by atoms with Gasteiger partial charge >= 0.3 is 0 Å². The average molecular weight is 203 g/mol. The van der Waals surface area contributed by atoms with Gasteiger partial charge in [-0.3, -0.25) is 0 Å². The average Bonchev–Trinajstić information content (AvgIpc) is 2.02. The van der Waals surface area contributed by atoms with E-state index in [0.717, 1.165) is 25.1 Å². The Labute approximate surface area is 84.1 Å². The van der Waals surface area contributed by atoms with Gasteiger partial charge in [-0.2, -0.15) is 0 Å². The van der Waals surface area contributed by atoms with E-state index in [2.05, 4.69) is 13.2 Å². The lowest BCUT2D eigenvalue weighted by atomic mass is 9.94. The zero-order valence-corrected chi connectivity index (χ0v) is 10.7. The van der Waals surface area contributed by atoms with Gasteiger partial charge in [0.1, 0.15) is 0 Å². The number of rotatable bonds is 7. The molecule has 0 aliphatic rings. The van der Waals surface area contributed by atoms with Crippen molar-refractivity contribution in [3.8, 4) is 0 Å². The molecule has 2 heteroatoms. The molecule has 0 amide bonds. The molecule has 0 radical (unpaired) electrons. The molecule has 0 aromatic rings. The maximum absolute atomic E-state index is 5.67. The van der Waals surface area contributed by atoms with Crippen molar-refractivity contribution in [3.63, 3.8) is 0 Å². The fourth-order valence-electron chi connectivity index (χ4n) is 1.48. The monoisotopic (exact) mass is 202 g/mol. The summed E-state index contributed by atoms with van der Waals surface area (Å²) in [7, 11) is 1.20. The Balaban J connectivity index is 3.96. The van der Waals surface area contributed by atoms with Gasteiger partial charge < -0.3 is 0 Å². The number of allylic oxidation sites excluding steroid dienone is 2. The molecule has 0 saturated heterocycles. The van der Waals surface area contributed by atoms with Gasteiger partial charge in [0, 0.05) is 16.1 Å². The predicted octanol–water partition coefficient (Wildman–Crippen LogP) is 2.68. The first-order chi connectivity index (χ1) is 5.68. The second-order valence-corrected chi connectivity index (χ2v) is 6.09. The van der Waals surface area contributed by atoms with Crippen LogP contribution in [0.25, 0.3) is 0 Å². The molecule has 0 unspecified atom stereocenters. The first-order valence-electron chi connectivity index (χ1n) is 4.46. The third kappa shape index (κ3) is 4.78. The highest BCUT2D eigenvalue weighted by Crippen LogP contribution is 2.37. The molecule has 0 saturated carbocycles. The van der Waals surface area contributed by atoms with Crippen LogP contribution in [0, 0.1) is 0 Å². The maximum Gasteiger partial charge on any atom is 0.0223 e. The molecule has 0 atom stereocenters. The molecule has 0 aromatic heterocycles. The van der Waals surface area contributed by atoms with E-state index >= 15 is 0 Å². The Morgan fingerprint density at radius 2 is 1.75 bits per heavy atom. The van der Waals surface area contributed by atoms with E-state index in [1.807, 2.05) is 12.2 Å². The van der Waals surface area contributed by atoms with E-state index in [-0.39, 0.29) is 0 Å². The lowest BCUT2D eigenvalue weighted by molar-refractivity contribution is 0.519. The lowest BCUT2D eigenvalue weighted by Crippen LogP contribution is -2.11. The summed E-state index contributed by atoms with van der Waals surface area (Å²) in [6, 6.07) is 0. The van der Waals surface area contributed by atoms with Crippen molar-refractivity contribution in [2.45, 2.75) is 30.7 Å². The third-order valence-corrected chi connectivity index (χ3v) is 3.77. The maximum atomic E-state index is 5.67. The van der Waals surface area contributed by atoms with E-state index in [1.54, 1.807) is 0 Å². The molecule has 0 heterocycles. The number of halogens is 1. The largest absolute Gasteiger partial charge is 0.127 e. The summed E-state index contributed by atoms with van der Waals surface area (Å²) in [5.41, 5.74) is 0. The van der Waals surface area contributed by atoms with E-state index in [9.17, 15) is 0 Å². The second-order valence-electron chi connectivity index (χ2n) is 3.59. The van der Waals surface area contributed by atoms with Gasteiger partial charge in [-0.25, -0.2) is 0 Å². The Kier molecular flexibility index (Phi) is 6.49. The van der Waals surface area contributed by atoms with Gasteiger partial charge in [-0.1, -0.05) is 12.2 Å². The summed E-state index contributed by atoms with van der Waals surface area (Å²) < 4.78 is 0. The lowest BCUT2D eigenvalue weighted by Gasteiger charge is -2.26. The number of alkyl halides is 1. The van der Waals surface area contributed by atoms with Crippen LogP contribution < -0.4 is 0 Å². The van der Waals surface area contributed by atoms with Crippen LogP contribution in [0.1, 0.15) is 25.7 Å². The standard InChI is InChI=1S/C10H19ClSi/c1-3-6-10(12,7-4-2)8-5-9-11/h3-4H,1-2,5-9H2,12H3. The fraction of sp³-hybridized carbons (Fsp3) is 0.600. The zero-order chi connectivity index (χ0) is 9.45. The normalized spacial score (nSPS) is 11.4. The minimum Gasteiger partial charge on any atom is -0.127 e. The molecule has 0 nitrogen and oxygen atoms in total. The highest BCUT2D eigenvalue weighted by molar-refractivity contribution is 6.18. The molecular formula is C10H19ClSi. The van der Waals surface area contributed by atoms with Gasteiger partial charge in [0.15, 0.2) is 0 Å². The number of hydrogen-bond donors (Lipinski definition) is 0. The first-order valence-corrected chi connectivity index (χ1v) is 6.00. The van der Waals surface area contributed by atoms with Gasteiger partial charge in [-0.05, 0) is 30.7 Å². The van der Waals surface area contributed by atoms with Crippen molar-refractivity contribution < 1.29 is 0 Å². The first kappa shape index (κ1) is 12.0. The van der Waals surface area contributed by atoms with Crippen molar-refractivity contribution in [2.24, 2.45) is 0 Å². The van der Waals surface area contributed by atoms with Crippen LogP contribution in [0.3, 0.4) is 0 Å². The predicted molar refractivity (Wildman–Crippen MR) is 62.2 cm³/mol. The van der Waals surface area contributed by atoms with Crippen molar-refractivity contribution >= 4 is 21.8 Å². The van der Waals surface area contributed by atoms with Crippen LogP contribution in [0.4, 0.5) is 0 Å². The zero-order valence-electron chi connectivity index (χ0n) is 7.98. The second kappa shape index (κ2) is 6.50. The van der Waals surface area contributed by atoms with Gasteiger partial charge in [0.2, 0.25) is 0 Å². The Morgan fingerprint density at radius 1 is 1.25 bits per heavy atom. The van der Waals surface area contributed by atoms with Crippen LogP contribution in [0.15, 0.2) is 25.3 Å². The van der Waals surface area contributed by atoms with E-state index in [1.165, 1.54) is 16.7 Å². The molecule has 0 N–H and O–H groups in total. The van der Waals surface area contributed by atoms with Crippen LogP contribution in [0.2, 0.25) is 5.04 Å². The third-order valence-electron chi connectivity index (χ3n) is 2.19. The molecule has 0 aliphatic heterocycles. The molecule has 0 aromatic carbocycles. The van der Waals surface area contributed by atoms with Gasteiger partial charge in [-0.15, -0.1) is 24.8 Å². The summed E-state index contributed by atoms with van der Waals surface area (Å²) >= 11 is 5.67. The Morgan fingerprint density at radius 3 is 2.08 bits per heavy atom. The van der Waals surface area contributed by atoms with Crippen LogP contribution >= 0.6 is 11.6 Å². The quantitative estimate of drug-likeness (QED) is 0.338. The van der Waals surface area contributed by atoms with Crippen molar-refractivity contribution in [2.75, 3.05) is 5.88 Å². The summed E-state index contributed by atoms with van der Waals surface area (Å²) in [6.45, 7) is 7.58. The minimum atomic E-state index is 0.471. The SMILES string of the molecule is C=CCC([SiH3])(CC=C)CCCCl. The topological polar surface area (TPSA) is 0 Å². The van der Waals surface area contributed by atoms with Gasteiger partial charge in [0.25, 0.3) is 0 Å². The number of hydrogen-bond acceptors (Lipinski definition) is 0. The minimum absolute atomic E-state index is 0.471. The van der Waals surface area contributed by atoms with E-state index in [4.69, 9.17) is 11.6 Å². The van der Waals surface area contributed by atoms with E-state index < -0.39 is 0 Å². The summed E-state index contributed by atoms with van der Waals surface area (Å²) in [4.78, 5) is 0. The molecule has 0 rings (SSSR count). The Hall–Kier alpha value is -0.0131. The molecular weight excluding hydrogens is 184 g/mol. The van der Waals surface area contributed by atoms with Crippen LogP contribution in [-0.4, -0.2) is 16.1 Å². The highest BCUT2D eigenvalue weighted by atomic mass is 35.5. The molecule has 0 aliphatic carbocycles. The molecule has 0 spiro atoms. The van der Waals surface area contributed by atoms with Gasteiger partial charge in [0.05, 0.1) is 0 Å². The van der Waals surface area contributed by atoms with Crippen molar-refractivity contribution in [1.82, 2.24) is 0 Å². The van der Waals surface area contributed by atoms with Crippen LogP contribution in [0.5, 0.6) is 0 Å². The fourth-order valence-corrected chi connectivity index (χ4v) is 2.54.